The van der Waals surface area contributed by atoms with Crippen LogP contribution in [-0.2, 0) is 11.8 Å². The van der Waals surface area contributed by atoms with Crippen molar-refractivity contribution in [3.63, 3.8) is 0 Å². The zero-order valence-electron chi connectivity index (χ0n) is 17.1. The zero-order valence-corrected chi connectivity index (χ0v) is 17.8. The third-order valence-electron chi connectivity index (χ3n) is 5.26. The van der Waals surface area contributed by atoms with Gasteiger partial charge in [0.2, 0.25) is 0 Å². The van der Waals surface area contributed by atoms with Crippen LogP contribution in [0.2, 0.25) is 5.02 Å². The Labute approximate surface area is 181 Å². The normalized spacial score (nSPS) is 14.7. The molecule has 1 amide bonds. The molecule has 1 N–H and O–H groups in total. The van der Waals surface area contributed by atoms with Crippen molar-refractivity contribution in [3.8, 4) is 17.1 Å². The van der Waals surface area contributed by atoms with E-state index >= 15 is 0 Å². The summed E-state index contributed by atoms with van der Waals surface area (Å²) in [6.07, 6.45) is 2.85. The smallest absolute Gasteiger partial charge is 0.270 e. The molecular weight excluding hydrogens is 402 g/mol. The third kappa shape index (κ3) is 4.75. The van der Waals surface area contributed by atoms with Gasteiger partial charge in [-0.25, -0.2) is 4.68 Å². The van der Waals surface area contributed by atoms with Crippen LogP contribution in [0.3, 0.4) is 0 Å². The summed E-state index contributed by atoms with van der Waals surface area (Å²) < 4.78 is 9.04. The summed E-state index contributed by atoms with van der Waals surface area (Å²) in [5.41, 5.74) is 2.98. The van der Waals surface area contributed by atoms with E-state index in [-0.39, 0.29) is 5.91 Å². The van der Waals surface area contributed by atoms with Gasteiger partial charge in [-0.05, 0) is 55.4 Å². The molecule has 0 radical (unpaired) electrons. The lowest BCUT2D eigenvalue weighted by atomic mass is 10.2. The highest BCUT2D eigenvalue weighted by atomic mass is 35.5. The standard InChI is InChI=1S/C22H26ClN5O2/c1-26-10-2-4-20(26)19-16-21(28(25-19)18-7-5-17(23)6-8-18)22(29)24-9-3-11-27-12-14-30-15-13-27/h2,4-8,10,16H,3,9,11-15H2,1H3,(H,24,29). The van der Waals surface area contributed by atoms with Gasteiger partial charge >= 0.3 is 0 Å². The highest BCUT2D eigenvalue weighted by molar-refractivity contribution is 6.30. The molecule has 158 valence electrons. The van der Waals surface area contributed by atoms with Crippen molar-refractivity contribution < 1.29 is 9.53 Å². The van der Waals surface area contributed by atoms with E-state index in [1.165, 1.54) is 0 Å². The van der Waals surface area contributed by atoms with E-state index < -0.39 is 0 Å². The Balaban J connectivity index is 1.50. The monoisotopic (exact) mass is 427 g/mol. The van der Waals surface area contributed by atoms with Crippen molar-refractivity contribution in [3.05, 3.63) is 59.4 Å². The predicted molar refractivity (Wildman–Crippen MR) is 117 cm³/mol. The maximum absolute atomic E-state index is 13.0. The van der Waals surface area contributed by atoms with Gasteiger partial charge in [-0.15, -0.1) is 0 Å². The van der Waals surface area contributed by atoms with Gasteiger partial charge in [0.1, 0.15) is 11.4 Å². The average molecular weight is 428 g/mol. The number of rotatable bonds is 7. The SMILES string of the molecule is Cn1cccc1-c1cc(C(=O)NCCCN2CCOCC2)n(-c2ccc(Cl)cc2)n1. The Hall–Kier alpha value is -2.61. The fourth-order valence-electron chi connectivity index (χ4n) is 3.59. The fraction of sp³-hybridized carbons (Fsp3) is 0.364. The van der Waals surface area contributed by atoms with Gasteiger partial charge in [-0.1, -0.05) is 11.6 Å². The first-order valence-electron chi connectivity index (χ1n) is 10.2. The molecule has 1 aliphatic heterocycles. The number of aromatic nitrogens is 3. The Bertz CT molecular complexity index is 989. The Morgan fingerprint density at radius 2 is 1.97 bits per heavy atom. The lowest BCUT2D eigenvalue weighted by Crippen LogP contribution is -2.38. The highest BCUT2D eigenvalue weighted by Crippen LogP contribution is 2.23. The summed E-state index contributed by atoms with van der Waals surface area (Å²) in [6, 6.07) is 13.1. The number of aryl methyl sites for hydroxylation is 1. The van der Waals surface area contributed by atoms with Crippen molar-refractivity contribution in [2.75, 3.05) is 39.4 Å². The lowest BCUT2D eigenvalue weighted by molar-refractivity contribution is 0.0374. The Morgan fingerprint density at radius 1 is 1.20 bits per heavy atom. The molecule has 1 fully saturated rings. The van der Waals surface area contributed by atoms with Crippen LogP contribution in [0.4, 0.5) is 0 Å². The Kier molecular flexibility index (Phi) is 6.52. The van der Waals surface area contributed by atoms with Crippen molar-refractivity contribution in [1.29, 1.82) is 0 Å². The molecule has 3 heterocycles. The number of morpholine rings is 1. The molecule has 0 saturated carbocycles. The van der Waals surface area contributed by atoms with Gasteiger partial charge in [-0.3, -0.25) is 9.69 Å². The van der Waals surface area contributed by atoms with Crippen LogP contribution in [0.15, 0.2) is 48.7 Å². The van der Waals surface area contributed by atoms with Crippen LogP contribution >= 0.6 is 11.6 Å². The van der Waals surface area contributed by atoms with E-state index in [0.29, 0.717) is 17.3 Å². The van der Waals surface area contributed by atoms with Crippen LogP contribution in [-0.4, -0.2) is 64.5 Å². The fourth-order valence-corrected chi connectivity index (χ4v) is 3.72. The number of halogens is 1. The number of nitrogens with one attached hydrogen (secondary N) is 1. The highest BCUT2D eigenvalue weighted by Gasteiger charge is 2.19. The Morgan fingerprint density at radius 3 is 2.67 bits per heavy atom. The van der Waals surface area contributed by atoms with Crippen LogP contribution in [0.25, 0.3) is 17.1 Å². The molecule has 1 aromatic carbocycles. The minimum atomic E-state index is -0.139. The number of hydrogen-bond acceptors (Lipinski definition) is 4. The summed E-state index contributed by atoms with van der Waals surface area (Å²) in [6.45, 7) is 5.05. The van der Waals surface area contributed by atoms with E-state index in [1.54, 1.807) is 16.8 Å². The summed E-state index contributed by atoms with van der Waals surface area (Å²) in [5, 5.41) is 8.39. The molecule has 0 unspecified atom stereocenters. The molecule has 7 nitrogen and oxygen atoms in total. The van der Waals surface area contributed by atoms with Gasteiger partial charge in [0.25, 0.3) is 5.91 Å². The van der Waals surface area contributed by atoms with Gasteiger partial charge in [0.15, 0.2) is 0 Å². The van der Waals surface area contributed by atoms with Crippen molar-refractivity contribution >= 4 is 17.5 Å². The molecule has 2 aromatic heterocycles. The zero-order chi connectivity index (χ0) is 20.9. The summed E-state index contributed by atoms with van der Waals surface area (Å²) in [4.78, 5) is 15.3. The number of ether oxygens (including phenoxy) is 1. The first-order chi connectivity index (χ1) is 14.6. The molecular formula is C22H26ClN5O2. The molecule has 1 saturated heterocycles. The molecule has 8 heteroatoms. The van der Waals surface area contributed by atoms with E-state index in [2.05, 4.69) is 10.2 Å². The first-order valence-corrected chi connectivity index (χ1v) is 10.6. The van der Waals surface area contributed by atoms with E-state index in [0.717, 1.165) is 56.3 Å². The molecule has 4 rings (SSSR count). The van der Waals surface area contributed by atoms with Gasteiger partial charge in [0.05, 0.1) is 24.6 Å². The topological polar surface area (TPSA) is 64.3 Å². The molecule has 0 bridgehead atoms. The number of amides is 1. The van der Waals surface area contributed by atoms with Gasteiger partial charge in [-0.2, -0.15) is 5.10 Å². The van der Waals surface area contributed by atoms with Gasteiger partial charge in [0, 0.05) is 37.9 Å². The number of nitrogens with zero attached hydrogens (tertiary/aromatic N) is 4. The van der Waals surface area contributed by atoms with E-state index in [4.69, 9.17) is 21.4 Å². The van der Waals surface area contributed by atoms with E-state index in [1.807, 2.05) is 48.1 Å². The number of benzene rings is 1. The van der Waals surface area contributed by atoms with Crippen LogP contribution in [0.5, 0.6) is 0 Å². The van der Waals surface area contributed by atoms with E-state index in [9.17, 15) is 4.79 Å². The molecule has 0 atom stereocenters. The number of carbonyl (C=O) groups is 1. The minimum Gasteiger partial charge on any atom is -0.379 e. The second-order valence-electron chi connectivity index (χ2n) is 7.37. The third-order valence-corrected chi connectivity index (χ3v) is 5.51. The molecule has 30 heavy (non-hydrogen) atoms. The average Bonchev–Trinajstić information content (AvgIpc) is 3.39. The van der Waals surface area contributed by atoms with Crippen LogP contribution in [0.1, 0.15) is 16.9 Å². The van der Waals surface area contributed by atoms with Crippen LogP contribution in [0, 0.1) is 0 Å². The summed E-state index contributed by atoms with van der Waals surface area (Å²) in [5.74, 6) is -0.139. The quantitative estimate of drug-likeness (QED) is 0.589. The summed E-state index contributed by atoms with van der Waals surface area (Å²) in [7, 11) is 1.96. The molecule has 0 aliphatic carbocycles. The second-order valence-corrected chi connectivity index (χ2v) is 7.81. The predicted octanol–water partition coefficient (Wildman–Crippen LogP) is 2.98. The van der Waals surface area contributed by atoms with Gasteiger partial charge < -0.3 is 14.6 Å². The maximum atomic E-state index is 13.0. The number of carbonyl (C=O) groups excluding carboxylic acids is 1. The lowest BCUT2D eigenvalue weighted by Gasteiger charge is -2.26. The largest absolute Gasteiger partial charge is 0.379 e. The minimum absolute atomic E-state index is 0.139. The van der Waals surface area contributed by atoms with Crippen molar-refractivity contribution in [1.82, 2.24) is 24.6 Å². The molecule has 3 aromatic rings. The summed E-state index contributed by atoms with van der Waals surface area (Å²) >= 11 is 6.03. The molecule has 0 spiro atoms. The van der Waals surface area contributed by atoms with Crippen molar-refractivity contribution in [2.24, 2.45) is 7.05 Å². The van der Waals surface area contributed by atoms with Crippen molar-refractivity contribution in [2.45, 2.75) is 6.42 Å². The van der Waals surface area contributed by atoms with Crippen LogP contribution < -0.4 is 5.32 Å². The maximum Gasteiger partial charge on any atom is 0.270 e. The second kappa shape index (κ2) is 9.47. The first kappa shape index (κ1) is 20.7. The number of hydrogen-bond donors (Lipinski definition) is 1. The molecule has 1 aliphatic rings.